The third-order valence-corrected chi connectivity index (χ3v) is 6.36. The molecule has 0 saturated heterocycles. The second-order valence-corrected chi connectivity index (χ2v) is 9.51. The van der Waals surface area contributed by atoms with Crippen LogP contribution < -0.4 is 4.72 Å². The lowest BCUT2D eigenvalue weighted by Gasteiger charge is -2.17. The first-order chi connectivity index (χ1) is 10.5. The van der Waals surface area contributed by atoms with Gasteiger partial charge in [0, 0.05) is 0 Å². The molecular weight excluding hydrogens is 342 g/mol. The van der Waals surface area contributed by atoms with Crippen LogP contribution in [0.3, 0.4) is 0 Å². The summed E-state index contributed by atoms with van der Waals surface area (Å²) in [7, 11) is -7.69. The number of carbonyl (C=O) groups is 1. The summed E-state index contributed by atoms with van der Waals surface area (Å²) in [5, 5.41) is 9.13. The van der Waals surface area contributed by atoms with Crippen LogP contribution in [0.25, 0.3) is 0 Å². The lowest BCUT2D eigenvalue weighted by Crippen LogP contribution is -2.41. The van der Waals surface area contributed by atoms with E-state index >= 15 is 0 Å². The quantitative estimate of drug-likeness (QED) is 0.718. The van der Waals surface area contributed by atoms with Gasteiger partial charge in [-0.2, -0.15) is 4.72 Å². The van der Waals surface area contributed by atoms with Gasteiger partial charge < -0.3 is 5.11 Å². The summed E-state index contributed by atoms with van der Waals surface area (Å²) in [5.41, 5.74) is 0. The molecule has 0 aliphatic heterocycles. The van der Waals surface area contributed by atoms with Crippen molar-refractivity contribution in [3.8, 4) is 0 Å². The predicted molar refractivity (Wildman–Crippen MR) is 85.4 cm³/mol. The minimum absolute atomic E-state index is 0.0226. The van der Waals surface area contributed by atoms with Crippen molar-refractivity contribution < 1.29 is 26.7 Å². The summed E-state index contributed by atoms with van der Waals surface area (Å²) in [6.07, 6.45) is 0.127. The molecule has 0 fully saturated rings. The summed E-state index contributed by atoms with van der Waals surface area (Å²) in [5.74, 6) is -1.46. The van der Waals surface area contributed by atoms with Gasteiger partial charge in [-0.15, -0.1) is 0 Å². The fraction of sp³-hybridized carbons (Fsp3) is 0.500. The Morgan fingerprint density at radius 3 is 2.22 bits per heavy atom. The van der Waals surface area contributed by atoms with E-state index in [-0.39, 0.29) is 27.9 Å². The van der Waals surface area contributed by atoms with E-state index in [1.54, 1.807) is 13.8 Å². The van der Waals surface area contributed by atoms with Crippen molar-refractivity contribution in [2.75, 3.05) is 5.75 Å². The third kappa shape index (κ3) is 5.29. The Labute approximate surface area is 136 Å². The Hall–Kier alpha value is -1.45. The highest BCUT2D eigenvalue weighted by atomic mass is 32.2. The zero-order valence-corrected chi connectivity index (χ0v) is 14.8. The maximum atomic E-state index is 12.3. The lowest BCUT2D eigenvalue weighted by atomic mass is 10.1. The second-order valence-electron chi connectivity index (χ2n) is 5.52. The number of hydrogen-bond donors (Lipinski definition) is 2. The maximum Gasteiger partial charge on any atom is 0.321 e. The molecular formula is C14H21NO6S2. The first kappa shape index (κ1) is 19.6. The molecule has 0 heterocycles. The predicted octanol–water partition coefficient (Wildman–Crippen LogP) is 1.26. The molecule has 1 aromatic rings. The number of hydrogen-bond acceptors (Lipinski definition) is 5. The zero-order valence-electron chi connectivity index (χ0n) is 13.2. The average Bonchev–Trinajstić information content (AvgIpc) is 2.46. The van der Waals surface area contributed by atoms with Gasteiger partial charge in [0.25, 0.3) is 0 Å². The van der Waals surface area contributed by atoms with E-state index in [2.05, 4.69) is 4.72 Å². The standard InChI is InChI=1S/C14H21NO6S2/c1-4-22(18,19)11-6-5-7-12(9-11)23(20,21)15-13(14(16)17)8-10(2)3/h5-7,9-10,13,15H,4,8H2,1-3H3,(H,16,17)/t13-/m1/s1. The van der Waals surface area contributed by atoms with Crippen molar-refractivity contribution in [3.63, 3.8) is 0 Å². The molecule has 0 spiro atoms. The van der Waals surface area contributed by atoms with Crippen LogP contribution in [0.15, 0.2) is 34.1 Å². The summed E-state index contributed by atoms with van der Waals surface area (Å²) >= 11 is 0. The van der Waals surface area contributed by atoms with Crippen LogP contribution in [0.4, 0.5) is 0 Å². The van der Waals surface area contributed by atoms with Crippen LogP contribution in [-0.4, -0.2) is 39.7 Å². The molecule has 130 valence electrons. The third-order valence-electron chi connectivity index (χ3n) is 3.16. The van der Waals surface area contributed by atoms with Crippen molar-refractivity contribution >= 4 is 25.8 Å². The molecule has 9 heteroatoms. The molecule has 0 saturated carbocycles. The number of rotatable bonds is 8. The first-order valence-electron chi connectivity index (χ1n) is 7.07. The molecule has 7 nitrogen and oxygen atoms in total. The number of sulfonamides is 1. The molecule has 0 unspecified atom stereocenters. The van der Waals surface area contributed by atoms with Crippen LogP contribution in [0.1, 0.15) is 27.2 Å². The minimum atomic E-state index is -4.14. The highest BCUT2D eigenvalue weighted by Crippen LogP contribution is 2.18. The summed E-state index contributed by atoms with van der Waals surface area (Å²) in [6.45, 7) is 5.01. The number of benzene rings is 1. The van der Waals surface area contributed by atoms with Crippen molar-refractivity contribution in [2.24, 2.45) is 5.92 Å². The monoisotopic (exact) mass is 363 g/mol. The number of nitrogens with one attached hydrogen (secondary N) is 1. The van der Waals surface area contributed by atoms with Crippen LogP contribution in [-0.2, 0) is 24.7 Å². The van der Waals surface area contributed by atoms with E-state index in [1.807, 2.05) is 0 Å². The van der Waals surface area contributed by atoms with Gasteiger partial charge in [0.05, 0.1) is 15.5 Å². The van der Waals surface area contributed by atoms with Gasteiger partial charge in [0.1, 0.15) is 6.04 Å². The maximum absolute atomic E-state index is 12.3. The number of carboxylic acids is 1. The topological polar surface area (TPSA) is 118 Å². The molecule has 1 aromatic carbocycles. The average molecular weight is 363 g/mol. The molecule has 0 aromatic heterocycles. The molecule has 0 aliphatic rings. The summed E-state index contributed by atoms with van der Waals surface area (Å²) in [6, 6.07) is 3.61. The lowest BCUT2D eigenvalue weighted by molar-refractivity contribution is -0.139. The SMILES string of the molecule is CCS(=O)(=O)c1cccc(S(=O)(=O)N[C@H](CC(C)C)C(=O)O)c1. The zero-order chi connectivity index (χ0) is 17.8. The number of sulfone groups is 1. The molecule has 0 bridgehead atoms. The van der Waals surface area contributed by atoms with Crippen LogP contribution in [0.5, 0.6) is 0 Å². The van der Waals surface area contributed by atoms with E-state index < -0.39 is 31.9 Å². The van der Waals surface area contributed by atoms with Gasteiger partial charge in [-0.05, 0) is 30.5 Å². The summed E-state index contributed by atoms with van der Waals surface area (Å²) < 4.78 is 50.5. The fourth-order valence-corrected chi connectivity index (χ4v) is 4.18. The second kappa shape index (κ2) is 7.41. The largest absolute Gasteiger partial charge is 0.480 e. The fourth-order valence-electron chi connectivity index (χ4n) is 1.93. The van der Waals surface area contributed by atoms with E-state index in [0.717, 1.165) is 6.07 Å². The Morgan fingerprint density at radius 2 is 1.74 bits per heavy atom. The molecule has 23 heavy (non-hydrogen) atoms. The molecule has 2 N–H and O–H groups in total. The Kier molecular flexibility index (Phi) is 6.32. The molecule has 0 aliphatic carbocycles. The van der Waals surface area contributed by atoms with Gasteiger partial charge in [-0.1, -0.05) is 26.8 Å². The molecule has 1 rings (SSSR count). The van der Waals surface area contributed by atoms with Crippen molar-refractivity contribution in [1.29, 1.82) is 0 Å². The van der Waals surface area contributed by atoms with Crippen LogP contribution >= 0.6 is 0 Å². The van der Waals surface area contributed by atoms with E-state index in [9.17, 15) is 21.6 Å². The van der Waals surface area contributed by atoms with Gasteiger partial charge in [0.15, 0.2) is 9.84 Å². The first-order valence-corrected chi connectivity index (χ1v) is 10.2. The number of aliphatic carboxylic acids is 1. The van der Waals surface area contributed by atoms with Crippen LogP contribution in [0.2, 0.25) is 0 Å². The smallest absolute Gasteiger partial charge is 0.321 e. The highest BCUT2D eigenvalue weighted by Gasteiger charge is 2.27. The van der Waals surface area contributed by atoms with Crippen molar-refractivity contribution in [3.05, 3.63) is 24.3 Å². The van der Waals surface area contributed by atoms with E-state index in [0.29, 0.717) is 0 Å². The van der Waals surface area contributed by atoms with Gasteiger partial charge in [-0.3, -0.25) is 4.79 Å². The van der Waals surface area contributed by atoms with E-state index in [1.165, 1.54) is 25.1 Å². The minimum Gasteiger partial charge on any atom is -0.480 e. The number of carboxylic acid groups (broad SMARTS) is 1. The Bertz CT molecular complexity index is 768. The highest BCUT2D eigenvalue weighted by molar-refractivity contribution is 7.91. The normalized spacial score (nSPS) is 13.9. The molecule has 1 atom stereocenters. The molecule has 0 radical (unpaired) electrons. The van der Waals surface area contributed by atoms with Crippen molar-refractivity contribution in [1.82, 2.24) is 4.72 Å². The Morgan fingerprint density at radius 1 is 1.17 bits per heavy atom. The van der Waals surface area contributed by atoms with Crippen LogP contribution in [0, 0.1) is 5.92 Å². The molecule has 0 amide bonds. The van der Waals surface area contributed by atoms with Gasteiger partial charge >= 0.3 is 5.97 Å². The summed E-state index contributed by atoms with van der Waals surface area (Å²) in [4.78, 5) is 10.8. The van der Waals surface area contributed by atoms with E-state index in [4.69, 9.17) is 5.11 Å². The Balaban J connectivity index is 3.18. The van der Waals surface area contributed by atoms with Gasteiger partial charge in [0.2, 0.25) is 10.0 Å². The van der Waals surface area contributed by atoms with Crippen molar-refractivity contribution in [2.45, 2.75) is 43.0 Å². The van der Waals surface area contributed by atoms with Gasteiger partial charge in [-0.25, -0.2) is 16.8 Å².